The van der Waals surface area contributed by atoms with E-state index in [2.05, 4.69) is 0 Å². The Bertz CT molecular complexity index is 490. The van der Waals surface area contributed by atoms with Gasteiger partial charge in [-0.25, -0.2) is 0 Å². The molecule has 0 aliphatic carbocycles. The van der Waals surface area contributed by atoms with Crippen molar-refractivity contribution in [2.24, 2.45) is 5.92 Å². The summed E-state index contributed by atoms with van der Waals surface area (Å²) in [5.74, 6) is -0.251. The molecule has 2 atom stereocenters. The van der Waals surface area contributed by atoms with Gasteiger partial charge in [0.2, 0.25) is 0 Å². The molecular formula is C16H24O5. The summed E-state index contributed by atoms with van der Waals surface area (Å²) in [7, 11) is 3.01. The first kappa shape index (κ1) is 17.3. The number of para-hydroxylation sites is 1. The molecule has 5 heteroatoms. The third-order valence-corrected chi connectivity index (χ3v) is 3.00. The number of hydrogen-bond acceptors (Lipinski definition) is 5. The molecule has 2 unspecified atom stereocenters. The summed E-state index contributed by atoms with van der Waals surface area (Å²) in [6.07, 6.45) is -1.04. The SMILES string of the molecule is COc1cccc(C(O)C(C)C(=O)OC(C)(C)C)c1OC. The lowest BCUT2D eigenvalue weighted by Crippen LogP contribution is -2.30. The van der Waals surface area contributed by atoms with Crippen LogP contribution in [-0.4, -0.2) is 30.9 Å². The van der Waals surface area contributed by atoms with Gasteiger partial charge in [0.1, 0.15) is 5.60 Å². The van der Waals surface area contributed by atoms with Crippen LogP contribution in [0.25, 0.3) is 0 Å². The Morgan fingerprint density at radius 1 is 1.19 bits per heavy atom. The van der Waals surface area contributed by atoms with Crippen molar-refractivity contribution in [3.8, 4) is 11.5 Å². The molecule has 5 nitrogen and oxygen atoms in total. The molecule has 0 bridgehead atoms. The summed E-state index contributed by atoms with van der Waals surface area (Å²) in [5, 5.41) is 10.5. The van der Waals surface area contributed by atoms with Crippen molar-refractivity contribution in [2.75, 3.05) is 14.2 Å². The number of hydrogen-bond donors (Lipinski definition) is 1. The lowest BCUT2D eigenvalue weighted by atomic mass is 9.96. The summed E-state index contributed by atoms with van der Waals surface area (Å²) in [5.41, 5.74) is -0.0982. The first-order chi connectivity index (χ1) is 9.71. The Morgan fingerprint density at radius 3 is 2.29 bits per heavy atom. The number of ether oxygens (including phenoxy) is 3. The first-order valence-electron chi connectivity index (χ1n) is 6.83. The molecule has 0 aromatic heterocycles. The zero-order chi connectivity index (χ0) is 16.2. The summed E-state index contributed by atoms with van der Waals surface area (Å²) in [4.78, 5) is 12.1. The minimum Gasteiger partial charge on any atom is -0.493 e. The fourth-order valence-corrected chi connectivity index (χ4v) is 1.94. The number of aliphatic hydroxyl groups excluding tert-OH is 1. The van der Waals surface area contributed by atoms with Crippen LogP contribution in [0.5, 0.6) is 11.5 Å². The highest BCUT2D eigenvalue weighted by molar-refractivity contribution is 5.73. The monoisotopic (exact) mass is 296 g/mol. The van der Waals surface area contributed by atoms with Crippen LogP contribution in [0.3, 0.4) is 0 Å². The number of aliphatic hydroxyl groups is 1. The van der Waals surface area contributed by atoms with E-state index in [9.17, 15) is 9.90 Å². The Labute approximate surface area is 125 Å². The minimum absolute atomic E-state index is 0.419. The summed E-state index contributed by atoms with van der Waals surface area (Å²) < 4.78 is 15.8. The first-order valence-corrected chi connectivity index (χ1v) is 6.83. The molecule has 1 aromatic carbocycles. The summed E-state index contributed by atoms with van der Waals surface area (Å²) in [6.45, 7) is 6.99. The fourth-order valence-electron chi connectivity index (χ4n) is 1.94. The van der Waals surface area contributed by atoms with Crippen molar-refractivity contribution >= 4 is 5.97 Å². The zero-order valence-electron chi connectivity index (χ0n) is 13.5. The Balaban J connectivity index is 3.03. The van der Waals surface area contributed by atoms with Gasteiger partial charge < -0.3 is 19.3 Å². The van der Waals surface area contributed by atoms with E-state index < -0.39 is 23.6 Å². The van der Waals surface area contributed by atoms with Crippen LogP contribution in [0.2, 0.25) is 0 Å². The number of benzene rings is 1. The molecule has 0 saturated heterocycles. The minimum atomic E-state index is -1.04. The normalized spacial score (nSPS) is 14.2. The number of esters is 1. The molecule has 0 saturated carbocycles. The Morgan fingerprint density at radius 2 is 1.81 bits per heavy atom. The van der Waals surface area contributed by atoms with Gasteiger partial charge in [-0.15, -0.1) is 0 Å². The van der Waals surface area contributed by atoms with Crippen molar-refractivity contribution in [1.29, 1.82) is 0 Å². The summed E-state index contributed by atoms with van der Waals surface area (Å²) >= 11 is 0. The fraction of sp³-hybridized carbons (Fsp3) is 0.562. The van der Waals surface area contributed by atoms with Crippen LogP contribution >= 0.6 is 0 Å². The molecule has 1 rings (SSSR count). The van der Waals surface area contributed by atoms with E-state index >= 15 is 0 Å². The molecule has 0 amide bonds. The average molecular weight is 296 g/mol. The van der Waals surface area contributed by atoms with E-state index in [-0.39, 0.29) is 0 Å². The van der Waals surface area contributed by atoms with Crippen molar-refractivity contribution in [2.45, 2.75) is 39.4 Å². The topological polar surface area (TPSA) is 65.0 Å². The van der Waals surface area contributed by atoms with Gasteiger partial charge in [0.05, 0.1) is 26.2 Å². The zero-order valence-corrected chi connectivity index (χ0v) is 13.5. The van der Waals surface area contributed by atoms with E-state index in [1.54, 1.807) is 45.9 Å². The lowest BCUT2D eigenvalue weighted by molar-refractivity contribution is -0.163. The van der Waals surface area contributed by atoms with Gasteiger partial charge in [0.25, 0.3) is 0 Å². The molecule has 0 fully saturated rings. The molecule has 0 aliphatic rings. The standard InChI is InChI=1S/C16H24O5/c1-10(15(18)21-16(2,3)4)13(17)11-8-7-9-12(19-5)14(11)20-6/h7-10,13,17H,1-6H3. The maximum atomic E-state index is 12.1. The predicted molar refractivity (Wildman–Crippen MR) is 79.5 cm³/mol. The molecule has 21 heavy (non-hydrogen) atoms. The van der Waals surface area contributed by atoms with Crippen LogP contribution < -0.4 is 9.47 Å². The van der Waals surface area contributed by atoms with Crippen molar-refractivity contribution in [3.63, 3.8) is 0 Å². The van der Waals surface area contributed by atoms with Crippen LogP contribution in [0.1, 0.15) is 39.4 Å². The van der Waals surface area contributed by atoms with E-state index in [1.807, 2.05) is 0 Å². The van der Waals surface area contributed by atoms with Gasteiger partial charge >= 0.3 is 5.97 Å². The van der Waals surface area contributed by atoms with E-state index in [1.165, 1.54) is 14.2 Å². The van der Waals surface area contributed by atoms with Gasteiger partial charge in [0, 0.05) is 5.56 Å². The van der Waals surface area contributed by atoms with Gasteiger partial charge in [0.15, 0.2) is 11.5 Å². The van der Waals surface area contributed by atoms with E-state index in [0.29, 0.717) is 17.1 Å². The third-order valence-electron chi connectivity index (χ3n) is 3.00. The number of carbonyl (C=O) groups excluding carboxylic acids is 1. The maximum Gasteiger partial charge on any atom is 0.312 e. The highest BCUT2D eigenvalue weighted by atomic mass is 16.6. The van der Waals surface area contributed by atoms with Gasteiger partial charge in [-0.2, -0.15) is 0 Å². The molecule has 0 radical (unpaired) electrons. The van der Waals surface area contributed by atoms with Crippen LogP contribution in [0, 0.1) is 5.92 Å². The number of rotatable bonds is 5. The quantitative estimate of drug-likeness (QED) is 0.846. The Hall–Kier alpha value is -1.75. The van der Waals surface area contributed by atoms with Crippen LogP contribution in [-0.2, 0) is 9.53 Å². The number of carbonyl (C=O) groups is 1. The van der Waals surface area contributed by atoms with Gasteiger partial charge in [-0.05, 0) is 33.8 Å². The average Bonchev–Trinajstić information content (AvgIpc) is 2.42. The summed E-state index contributed by atoms with van der Waals surface area (Å²) in [6, 6.07) is 5.17. The second-order valence-electron chi connectivity index (χ2n) is 5.85. The lowest BCUT2D eigenvalue weighted by Gasteiger charge is -2.25. The smallest absolute Gasteiger partial charge is 0.312 e. The maximum absolute atomic E-state index is 12.1. The van der Waals surface area contributed by atoms with Crippen molar-refractivity contribution in [3.05, 3.63) is 23.8 Å². The highest BCUT2D eigenvalue weighted by Gasteiger charge is 2.30. The molecule has 0 aliphatic heterocycles. The highest BCUT2D eigenvalue weighted by Crippen LogP contribution is 2.37. The second kappa shape index (κ2) is 6.80. The third kappa shape index (κ3) is 4.36. The van der Waals surface area contributed by atoms with Crippen molar-refractivity contribution in [1.82, 2.24) is 0 Å². The van der Waals surface area contributed by atoms with Crippen LogP contribution in [0.4, 0.5) is 0 Å². The molecule has 0 heterocycles. The molecule has 1 aromatic rings. The molecular weight excluding hydrogens is 272 g/mol. The van der Waals surface area contributed by atoms with Crippen LogP contribution in [0.15, 0.2) is 18.2 Å². The van der Waals surface area contributed by atoms with Crippen molar-refractivity contribution < 1.29 is 24.1 Å². The molecule has 1 N–H and O–H groups in total. The second-order valence-corrected chi connectivity index (χ2v) is 5.85. The molecule has 0 spiro atoms. The van der Waals surface area contributed by atoms with E-state index in [0.717, 1.165) is 0 Å². The predicted octanol–water partition coefficient (Wildman–Crippen LogP) is 2.72. The van der Waals surface area contributed by atoms with Gasteiger partial charge in [-0.1, -0.05) is 12.1 Å². The Kier molecular flexibility index (Phi) is 5.61. The molecule has 118 valence electrons. The van der Waals surface area contributed by atoms with Gasteiger partial charge in [-0.3, -0.25) is 4.79 Å². The number of methoxy groups -OCH3 is 2. The van der Waals surface area contributed by atoms with E-state index in [4.69, 9.17) is 14.2 Å². The largest absolute Gasteiger partial charge is 0.493 e.